The van der Waals surface area contributed by atoms with Gasteiger partial charge in [-0.2, -0.15) is 0 Å². The molecule has 3 heterocycles. The van der Waals surface area contributed by atoms with E-state index < -0.39 is 0 Å². The van der Waals surface area contributed by atoms with Gasteiger partial charge in [0.15, 0.2) is 11.5 Å². The number of methoxy groups -OCH3 is 2. The molecule has 0 aliphatic carbocycles. The lowest BCUT2D eigenvalue weighted by Gasteiger charge is -2.34. The number of hydrogen-bond acceptors (Lipinski definition) is 7. The predicted molar refractivity (Wildman–Crippen MR) is 130 cm³/mol. The van der Waals surface area contributed by atoms with Crippen LogP contribution in [0.3, 0.4) is 0 Å². The van der Waals surface area contributed by atoms with E-state index in [2.05, 4.69) is 38.9 Å². The fourth-order valence-electron chi connectivity index (χ4n) is 4.42. The van der Waals surface area contributed by atoms with E-state index in [9.17, 15) is 5.11 Å². The fraction of sp³-hybridized carbons (Fsp3) is 0.333. The number of aromatic nitrogens is 2. The zero-order chi connectivity index (χ0) is 23.1. The van der Waals surface area contributed by atoms with Crippen molar-refractivity contribution >= 4 is 33.8 Å². The molecule has 0 amide bonds. The van der Waals surface area contributed by atoms with Crippen LogP contribution in [0.15, 0.2) is 42.2 Å². The minimum absolute atomic E-state index is 0.105. The monoisotopic (exact) mass is 448 g/mol. The number of likely N-dealkylation sites (N-methyl/N-ethyl adjacent to an activating group) is 1. The number of nitrogens with zero attached hydrogens (tertiary/aromatic N) is 4. The Kier molecular flexibility index (Phi) is 5.33. The van der Waals surface area contributed by atoms with E-state index in [1.165, 1.54) is 0 Å². The molecule has 9 heteroatoms. The van der Waals surface area contributed by atoms with E-state index in [-0.39, 0.29) is 18.1 Å². The van der Waals surface area contributed by atoms with Crippen LogP contribution in [0.4, 0.5) is 11.4 Å². The Labute approximate surface area is 192 Å². The highest BCUT2D eigenvalue weighted by molar-refractivity contribution is 6.30. The van der Waals surface area contributed by atoms with Crippen molar-refractivity contribution in [1.29, 1.82) is 5.41 Å². The van der Waals surface area contributed by atoms with Crippen LogP contribution in [0.5, 0.6) is 11.5 Å². The van der Waals surface area contributed by atoms with Crippen molar-refractivity contribution in [1.82, 2.24) is 14.9 Å². The average Bonchev–Trinajstić information content (AvgIpc) is 3.38. The Balaban J connectivity index is 1.42. The number of aliphatic hydroxyl groups excluding tert-OH is 1. The molecule has 1 fully saturated rings. The highest BCUT2D eigenvalue weighted by atomic mass is 16.5. The summed E-state index contributed by atoms with van der Waals surface area (Å²) in [6.07, 6.45) is 0. The number of ether oxygens (including phenoxy) is 2. The summed E-state index contributed by atoms with van der Waals surface area (Å²) in [6.45, 7) is 4.24. The smallest absolute Gasteiger partial charge is 0.162 e. The second-order valence-corrected chi connectivity index (χ2v) is 8.37. The average molecular weight is 449 g/mol. The first-order chi connectivity index (χ1) is 16.0. The van der Waals surface area contributed by atoms with Gasteiger partial charge in [-0.3, -0.25) is 5.41 Å². The number of amidine groups is 1. The molecule has 0 bridgehead atoms. The Morgan fingerprint density at radius 1 is 0.970 bits per heavy atom. The lowest BCUT2D eigenvalue weighted by atomic mass is 10.2. The van der Waals surface area contributed by atoms with Crippen LogP contribution in [-0.2, 0) is 0 Å². The maximum atomic E-state index is 10.7. The summed E-state index contributed by atoms with van der Waals surface area (Å²) in [5.41, 5.74) is 3.98. The van der Waals surface area contributed by atoms with Crippen molar-refractivity contribution in [3.05, 3.63) is 48.0 Å². The number of piperazine rings is 1. The minimum Gasteiger partial charge on any atom is -0.509 e. The van der Waals surface area contributed by atoms with Crippen molar-refractivity contribution < 1.29 is 14.6 Å². The standard InChI is InChI=1S/C24H28N6O3/c1-28-8-10-29(11-9-28)15-4-6-17-18(12-15)27-24(26-17)22-19(31)14-30(23(22)25)16-5-7-20(32-2)21(13-16)33-3/h4-7,12-13,25,31H,8-11,14H2,1-3H3,(H,26,27). The Bertz CT molecular complexity index is 1240. The van der Waals surface area contributed by atoms with Gasteiger partial charge in [0.05, 0.1) is 37.4 Å². The summed E-state index contributed by atoms with van der Waals surface area (Å²) in [5, 5.41) is 19.5. The van der Waals surface area contributed by atoms with Crippen LogP contribution >= 0.6 is 0 Å². The van der Waals surface area contributed by atoms with Crippen LogP contribution in [-0.4, -0.2) is 79.8 Å². The Morgan fingerprint density at radius 3 is 2.42 bits per heavy atom. The third-order valence-corrected chi connectivity index (χ3v) is 6.35. The molecular formula is C24H28N6O3. The number of rotatable bonds is 5. The molecule has 33 heavy (non-hydrogen) atoms. The van der Waals surface area contributed by atoms with Crippen LogP contribution in [0.2, 0.25) is 0 Å². The number of nitrogens with one attached hydrogen (secondary N) is 2. The summed E-state index contributed by atoms with van der Waals surface area (Å²) < 4.78 is 10.7. The predicted octanol–water partition coefficient (Wildman–Crippen LogP) is 3.10. The number of imidazole rings is 1. The van der Waals surface area contributed by atoms with Crippen molar-refractivity contribution in [2.45, 2.75) is 0 Å². The quantitative estimate of drug-likeness (QED) is 0.551. The highest BCUT2D eigenvalue weighted by Crippen LogP contribution is 2.36. The largest absolute Gasteiger partial charge is 0.509 e. The summed E-state index contributed by atoms with van der Waals surface area (Å²) >= 11 is 0. The fourth-order valence-corrected chi connectivity index (χ4v) is 4.42. The van der Waals surface area contributed by atoms with Gasteiger partial charge >= 0.3 is 0 Å². The molecule has 0 saturated carbocycles. The van der Waals surface area contributed by atoms with Gasteiger partial charge in [-0.25, -0.2) is 4.98 Å². The molecule has 0 spiro atoms. The minimum atomic E-state index is 0.105. The maximum Gasteiger partial charge on any atom is 0.162 e. The number of benzene rings is 2. The Hall–Kier alpha value is -3.72. The lowest BCUT2D eigenvalue weighted by Crippen LogP contribution is -2.44. The van der Waals surface area contributed by atoms with Crippen molar-refractivity contribution in [2.75, 3.05) is 63.8 Å². The normalized spacial score (nSPS) is 17.4. The van der Waals surface area contributed by atoms with Crippen molar-refractivity contribution in [2.24, 2.45) is 0 Å². The molecular weight excluding hydrogens is 420 g/mol. The van der Waals surface area contributed by atoms with Gasteiger partial charge in [-0.05, 0) is 37.4 Å². The second kappa shape index (κ2) is 8.32. The van der Waals surface area contributed by atoms with Crippen LogP contribution in [0, 0.1) is 5.41 Å². The van der Waals surface area contributed by atoms with Gasteiger partial charge in [0.25, 0.3) is 0 Å². The number of aromatic amines is 1. The molecule has 1 aromatic heterocycles. The summed E-state index contributed by atoms with van der Waals surface area (Å²) in [7, 11) is 5.30. The number of hydrogen-bond donors (Lipinski definition) is 3. The van der Waals surface area contributed by atoms with Gasteiger partial charge in [-0.15, -0.1) is 0 Å². The number of anilines is 2. The molecule has 2 aliphatic heterocycles. The molecule has 5 rings (SSSR count). The first-order valence-corrected chi connectivity index (χ1v) is 10.9. The first-order valence-electron chi connectivity index (χ1n) is 10.9. The van der Waals surface area contributed by atoms with Crippen LogP contribution < -0.4 is 19.3 Å². The molecule has 3 aromatic rings. The van der Waals surface area contributed by atoms with Crippen LogP contribution in [0.1, 0.15) is 5.82 Å². The topological polar surface area (TPSA) is 101 Å². The molecule has 9 nitrogen and oxygen atoms in total. The van der Waals surface area contributed by atoms with Gasteiger partial charge < -0.3 is 34.3 Å². The van der Waals surface area contributed by atoms with Crippen molar-refractivity contribution in [3.63, 3.8) is 0 Å². The van der Waals surface area contributed by atoms with E-state index >= 15 is 0 Å². The highest BCUT2D eigenvalue weighted by Gasteiger charge is 2.32. The number of H-pyrrole nitrogens is 1. The maximum absolute atomic E-state index is 10.7. The molecule has 172 valence electrons. The van der Waals surface area contributed by atoms with Crippen LogP contribution in [0.25, 0.3) is 16.6 Å². The first kappa shape index (κ1) is 21.1. The Morgan fingerprint density at radius 2 is 1.70 bits per heavy atom. The second-order valence-electron chi connectivity index (χ2n) is 8.37. The SMILES string of the molecule is COc1ccc(N2CC(O)=C(c3nc4ccc(N5CCN(C)CC5)cc4[nH]3)C2=N)cc1OC. The number of aliphatic hydroxyl groups is 1. The lowest BCUT2D eigenvalue weighted by molar-refractivity contribution is 0.313. The third-order valence-electron chi connectivity index (χ3n) is 6.35. The molecule has 0 unspecified atom stereocenters. The van der Waals surface area contributed by atoms with Crippen molar-refractivity contribution in [3.8, 4) is 11.5 Å². The summed E-state index contributed by atoms with van der Waals surface area (Å²) in [5.74, 6) is 1.95. The molecule has 3 N–H and O–H groups in total. The van der Waals surface area contributed by atoms with E-state index in [1.807, 2.05) is 12.1 Å². The zero-order valence-corrected chi connectivity index (χ0v) is 19.1. The number of fused-ring (bicyclic) bond motifs is 1. The van der Waals surface area contributed by atoms with Gasteiger partial charge in [0.1, 0.15) is 17.4 Å². The zero-order valence-electron chi connectivity index (χ0n) is 19.1. The van der Waals surface area contributed by atoms with E-state index in [1.54, 1.807) is 31.3 Å². The van der Waals surface area contributed by atoms with E-state index in [0.29, 0.717) is 22.9 Å². The summed E-state index contributed by atoms with van der Waals surface area (Å²) in [4.78, 5) is 14.4. The third kappa shape index (κ3) is 3.74. The molecule has 1 saturated heterocycles. The van der Waals surface area contributed by atoms with E-state index in [0.717, 1.165) is 48.6 Å². The van der Waals surface area contributed by atoms with Gasteiger partial charge in [0, 0.05) is 43.6 Å². The molecule has 0 atom stereocenters. The van der Waals surface area contributed by atoms with E-state index in [4.69, 9.17) is 14.9 Å². The molecule has 2 aromatic carbocycles. The molecule has 2 aliphatic rings. The van der Waals surface area contributed by atoms with Gasteiger partial charge in [0.2, 0.25) is 0 Å². The van der Waals surface area contributed by atoms with Gasteiger partial charge in [-0.1, -0.05) is 0 Å². The summed E-state index contributed by atoms with van der Waals surface area (Å²) in [6, 6.07) is 11.6. The molecule has 0 radical (unpaired) electrons.